The predicted molar refractivity (Wildman–Crippen MR) is 109 cm³/mol. The molecule has 0 fully saturated rings. The fourth-order valence-corrected chi connectivity index (χ4v) is 3.38. The van der Waals surface area contributed by atoms with Crippen LogP contribution in [0.5, 0.6) is 11.5 Å². The van der Waals surface area contributed by atoms with Crippen molar-refractivity contribution in [1.82, 2.24) is 4.98 Å². The molecule has 3 rings (SSSR count). The number of ether oxygens (including phenoxy) is 2. The molecule has 0 radical (unpaired) electrons. The summed E-state index contributed by atoms with van der Waals surface area (Å²) in [5.41, 5.74) is 2.40. The van der Waals surface area contributed by atoms with E-state index in [0.717, 1.165) is 16.9 Å². The standard InChI is InChI=1S/C21H20N2O3S/c1-15-14-27-21(22-15)23(17-7-5-4-6-8-17)20(24)12-9-16-13-18(25-2)10-11-19(16)26-3/h4-14H,1-3H3/b12-9+. The Bertz CT molecular complexity index is 951. The number of hydrogen-bond acceptors (Lipinski definition) is 5. The van der Waals surface area contributed by atoms with Crippen LogP contribution in [-0.2, 0) is 4.79 Å². The van der Waals surface area contributed by atoms with Gasteiger partial charge in [0.05, 0.1) is 25.6 Å². The van der Waals surface area contributed by atoms with Crippen LogP contribution >= 0.6 is 11.3 Å². The molecule has 0 aliphatic heterocycles. The van der Waals surface area contributed by atoms with Gasteiger partial charge in [-0.15, -0.1) is 11.3 Å². The third-order valence-corrected chi connectivity index (χ3v) is 4.82. The van der Waals surface area contributed by atoms with E-state index in [4.69, 9.17) is 9.47 Å². The Balaban J connectivity index is 1.95. The largest absolute Gasteiger partial charge is 0.497 e. The van der Waals surface area contributed by atoms with Crippen molar-refractivity contribution in [2.45, 2.75) is 6.92 Å². The van der Waals surface area contributed by atoms with Gasteiger partial charge in [-0.2, -0.15) is 0 Å². The van der Waals surface area contributed by atoms with Crippen molar-refractivity contribution in [3.63, 3.8) is 0 Å². The second-order valence-corrected chi connectivity index (χ2v) is 6.56. The maximum absolute atomic E-state index is 13.0. The van der Waals surface area contributed by atoms with Crippen LogP contribution in [0, 0.1) is 6.92 Å². The van der Waals surface area contributed by atoms with Crippen molar-refractivity contribution in [1.29, 1.82) is 0 Å². The molecule has 1 amide bonds. The first-order valence-electron chi connectivity index (χ1n) is 8.33. The minimum absolute atomic E-state index is 0.194. The fraction of sp³-hybridized carbons (Fsp3) is 0.143. The molecule has 1 aromatic heterocycles. The Kier molecular flexibility index (Phi) is 5.88. The van der Waals surface area contributed by atoms with Gasteiger partial charge < -0.3 is 9.47 Å². The van der Waals surface area contributed by atoms with Crippen LogP contribution in [-0.4, -0.2) is 25.1 Å². The number of anilines is 2. The first-order chi connectivity index (χ1) is 13.1. The van der Waals surface area contributed by atoms with E-state index in [0.29, 0.717) is 16.6 Å². The molecule has 0 atom stereocenters. The number of rotatable bonds is 6. The first kappa shape index (κ1) is 18.7. The maximum Gasteiger partial charge on any atom is 0.257 e. The van der Waals surface area contributed by atoms with Gasteiger partial charge in [-0.25, -0.2) is 4.98 Å². The van der Waals surface area contributed by atoms with Crippen molar-refractivity contribution >= 4 is 34.1 Å². The molecule has 0 aliphatic rings. The lowest BCUT2D eigenvalue weighted by molar-refractivity contribution is -0.113. The van der Waals surface area contributed by atoms with Crippen LogP contribution in [0.4, 0.5) is 10.8 Å². The molecule has 2 aromatic carbocycles. The van der Waals surface area contributed by atoms with E-state index in [9.17, 15) is 4.79 Å². The molecule has 0 aliphatic carbocycles. The summed E-state index contributed by atoms with van der Waals surface area (Å²) >= 11 is 1.43. The van der Waals surface area contributed by atoms with E-state index in [1.54, 1.807) is 25.2 Å². The topological polar surface area (TPSA) is 51.7 Å². The number of hydrogen-bond donors (Lipinski definition) is 0. The average molecular weight is 380 g/mol. The zero-order valence-corrected chi connectivity index (χ0v) is 16.2. The molecule has 0 spiro atoms. The second kappa shape index (κ2) is 8.51. The van der Waals surface area contributed by atoms with E-state index in [1.807, 2.05) is 60.8 Å². The van der Waals surface area contributed by atoms with Crippen LogP contribution in [0.1, 0.15) is 11.3 Å². The molecule has 6 heteroatoms. The van der Waals surface area contributed by atoms with E-state index in [-0.39, 0.29) is 5.91 Å². The Labute approximate surface area is 162 Å². The summed E-state index contributed by atoms with van der Waals surface area (Å²) in [5.74, 6) is 1.16. The molecule has 0 saturated carbocycles. The van der Waals surface area contributed by atoms with Gasteiger partial charge in [0.1, 0.15) is 11.5 Å². The number of thiazole rings is 1. The third-order valence-electron chi connectivity index (χ3n) is 3.88. The molecule has 0 bridgehead atoms. The maximum atomic E-state index is 13.0. The van der Waals surface area contributed by atoms with Crippen LogP contribution < -0.4 is 14.4 Å². The number of aryl methyl sites for hydroxylation is 1. The number of benzene rings is 2. The lowest BCUT2D eigenvalue weighted by Gasteiger charge is -2.18. The van der Waals surface area contributed by atoms with Crippen LogP contribution in [0.25, 0.3) is 6.08 Å². The van der Waals surface area contributed by atoms with Crippen molar-refractivity contribution < 1.29 is 14.3 Å². The van der Waals surface area contributed by atoms with E-state index in [2.05, 4.69) is 4.98 Å². The van der Waals surface area contributed by atoms with Gasteiger partial charge in [-0.1, -0.05) is 18.2 Å². The molecule has 0 unspecified atom stereocenters. The summed E-state index contributed by atoms with van der Waals surface area (Å²) in [6.07, 6.45) is 3.24. The normalized spacial score (nSPS) is 10.8. The van der Waals surface area contributed by atoms with E-state index >= 15 is 0 Å². The fourth-order valence-electron chi connectivity index (χ4n) is 2.56. The van der Waals surface area contributed by atoms with Crippen molar-refractivity contribution in [3.05, 3.63) is 71.2 Å². The van der Waals surface area contributed by atoms with Crippen molar-refractivity contribution in [3.8, 4) is 11.5 Å². The lowest BCUT2D eigenvalue weighted by Crippen LogP contribution is -2.23. The highest BCUT2D eigenvalue weighted by molar-refractivity contribution is 7.14. The van der Waals surface area contributed by atoms with Crippen molar-refractivity contribution in [2.75, 3.05) is 19.1 Å². The highest BCUT2D eigenvalue weighted by Crippen LogP contribution is 2.30. The highest BCUT2D eigenvalue weighted by Gasteiger charge is 2.18. The number of carbonyl (C=O) groups is 1. The molecular formula is C21H20N2O3S. The zero-order chi connectivity index (χ0) is 19.2. The van der Waals surface area contributed by atoms with Gasteiger partial charge >= 0.3 is 0 Å². The average Bonchev–Trinajstić information content (AvgIpc) is 3.12. The summed E-state index contributed by atoms with van der Waals surface area (Å²) in [6.45, 7) is 1.91. The Morgan fingerprint density at radius 2 is 1.89 bits per heavy atom. The second-order valence-electron chi connectivity index (χ2n) is 5.72. The van der Waals surface area contributed by atoms with Crippen LogP contribution in [0.3, 0.4) is 0 Å². The number of aromatic nitrogens is 1. The number of para-hydroxylation sites is 1. The van der Waals surface area contributed by atoms with Crippen molar-refractivity contribution in [2.24, 2.45) is 0 Å². The molecule has 0 N–H and O–H groups in total. The molecule has 27 heavy (non-hydrogen) atoms. The minimum Gasteiger partial charge on any atom is -0.497 e. The molecule has 1 heterocycles. The summed E-state index contributed by atoms with van der Waals surface area (Å²) in [7, 11) is 3.19. The quantitative estimate of drug-likeness (QED) is 0.574. The summed E-state index contributed by atoms with van der Waals surface area (Å²) in [4.78, 5) is 19.1. The Morgan fingerprint density at radius 3 is 2.52 bits per heavy atom. The Morgan fingerprint density at radius 1 is 1.11 bits per heavy atom. The summed E-state index contributed by atoms with van der Waals surface area (Å²) < 4.78 is 10.6. The van der Waals surface area contributed by atoms with Crippen LogP contribution in [0.2, 0.25) is 0 Å². The number of methoxy groups -OCH3 is 2. The predicted octanol–water partition coefficient (Wildman–Crippen LogP) is 4.85. The number of amides is 1. The monoisotopic (exact) mass is 380 g/mol. The smallest absolute Gasteiger partial charge is 0.257 e. The first-order valence-corrected chi connectivity index (χ1v) is 9.21. The number of carbonyl (C=O) groups excluding carboxylic acids is 1. The van der Waals surface area contributed by atoms with Gasteiger partial charge in [-0.3, -0.25) is 9.69 Å². The minimum atomic E-state index is -0.194. The molecular weight excluding hydrogens is 360 g/mol. The van der Waals surface area contributed by atoms with Gasteiger partial charge in [0.2, 0.25) is 0 Å². The molecule has 0 saturated heterocycles. The van der Waals surface area contributed by atoms with Crippen LogP contribution in [0.15, 0.2) is 60.0 Å². The summed E-state index contributed by atoms with van der Waals surface area (Å²) in [5, 5.41) is 2.55. The lowest BCUT2D eigenvalue weighted by atomic mass is 10.1. The molecule has 5 nitrogen and oxygen atoms in total. The Hall–Kier alpha value is -3.12. The van der Waals surface area contributed by atoms with Gasteiger partial charge in [0.15, 0.2) is 5.13 Å². The zero-order valence-electron chi connectivity index (χ0n) is 15.4. The molecule has 3 aromatic rings. The van der Waals surface area contributed by atoms with E-state index in [1.165, 1.54) is 17.4 Å². The summed E-state index contributed by atoms with van der Waals surface area (Å²) in [6, 6.07) is 14.9. The van der Waals surface area contributed by atoms with Gasteiger partial charge in [-0.05, 0) is 43.3 Å². The highest BCUT2D eigenvalue weighted by atomic mass is 32.1. The number of nitrogens with zero attached hydrogens (tertiary/aromatic N) is 2. The van der Waals surface area contributed by atoms with E-state index < -0.39 is 0 Å². The third kappa shape index (κ3) is 4.35. The SMILES string of the molecule is COc1ccc(OC)c(/C=C/C(=O)N(c2ccccc2)c2nc(C)cs2)c1. The van der Waals surface area contributed by atoms with Gasteiger partial charge in [0, 0.05) is 17.0 Å². The van der Waals surface area contributed by atoms with Gasteiger partial charge in [0.25, 0.3) is 5.91 Å². The molecule has 138 valence electrons.